The molecule has 1 saturated carbocycles. The highest BCUT2D eigenvalue weighted by Gasteiger charge is 2.51. The lowest BCUT2D eigenvalue weighted by atomic mass is 9.85. The van der Waals surface area contributed by atoms with Gasteiger partial charge in [-0.05, 0) is 44.9 Å². The number of phosphoric acid groups is 1. The van der Waals surface area contributed by atoms with Crippen LogP contribution < -0.4 is 5.32 Å². The molecule has 1 aliphatic rings. The van der Waals surface area contributed by atoms with Crippen molar-refractivity contribution in [1.29, 1.82) is 0 Å². The van der Waals surface area contributed by atoms with Crippen LogP contribution in [-0.4, -0.2) is 108 Å². The number of amides is 1. The minimum absolute atomic E-state index is 0.254. The predicted octanol–water partition coefficient (Wildman–Crippen LogP) is 8.14. The average molecular weight is 890 g/mol. The van der Waals surface area contributed by atoms with E-state index in [9.17, 15) is 50.0 Å². The third-order valence-corrected chi connectivity index (χ3v) is 12.4. The van der Waals surface area contributed by atoms with Gasteiger partial charge < -0.3 is 46.0 Å². The molecule has 8 atom stereocenters. The highest BCUT2D eigenvalue weighted by Crippen LogP contribution is 2.47. The van der Waals surface area contributed by atoms with Gasteiger partial charge in [0, 0.05) is 0 Å². The number of carbonyl (C=O) groups excluding carboxylic acids is 1. The van der Waals surface area contributed by atoms with Gasteiger partial charge in [0.25, 0.3) is 0 Å². The van der Waals surface area contributed by atoms with E-state index in [2.05, 4.69) is 43.5 Å². The van der Waals surface area contributed by atoms with E-state index in [1.807, 2.05) is 0 Å². The normalized spacial score (nSPS) is 23.5. The standard InChI is InChI=1S/C47H88NO12P/c1-3-5-7-9-11-13-15-16-17-18-19-20-21-22-23-25-27-29-31-33-35-40(50)39(37-59-61(57,58)60-47-45(55)43(53)42(52)44(54)46(47)56)48-41(51)36-38(49)34-32-30-28-26-24-14-12-10-8-6-4-2/h20-21,25,27,33,35,38-40,42-47,49-50,52-56H,3-19,22-24,26,28-32,34,36-37H2,1-2H3,(H,48,51)(H,57,58)/b21-20+,27-25+,35-33+. The summed E-state index contributed by atoms with van der Waals surface area (Å²) in [5.41, 5.74) is 0. The smallest absolute Gasteiger partial charge is 0.393 e. The molecule has 61 heavy (non-hydrogen) atoms. The van der Waals surface area contributed by atoms with Crippen LogP contribution in [0.25, 0.3) is 0 Å². The molecule has 0 bridgehead atoms. The second kappa shape index (κ2) is 36.8. The zero-order valence-electron chi connectivity index (χ0n) is 37.8. The van der Waals surface area contributed by atoms with Crippen LogP contribution >= 0.6 is 7.82 Å². The van der Waals surface area contributed by atoms with Gasteiger partial charge in [-0.1, -0.05) is 179 Å². The van der Waals surface area contributed by atoms with Gasteiger partial charge in [0.15, 0.2) is 0 Å². The largest absolute Gasteiger partial charge is 0.472 e. The van der Waals surface area contributed by atoms with Crippen molar-refractivity contribution in [3.05, 3.63) is 36.5 Å². The maximum atomic E-state index is 13.0. The highest BCUT2D eigenvalue weighted by atomic mass is 31.2. The Bertz CT molecular complexity index is 1190. The lowest BCUT2D eigenvalue weighted by molar-refractivity contribution is -0.220. The second-order valence-corrected chi connectivity index (χ2v) is 18.5. The van der Waals surface area contributed by atoms with Crippen LogP contribution in [0.2, 0.25) is 0 Å². The molecule has 1 aliphatic carbocycles. The summed E-state index contributed by atoms with van der Waals surface area (Å²) in [5.74, 6) is -0.607. The summed E-state index contributed by atoms with van der Waals surface area (Å²) in [4.78, 5) is 23.4. The van der Waals surface area contributed by atoms with E-state index >= 15 is 0 Å². The molecular formula is C47H88NO12P. The van der Waals surface area contributed by atoms with Crippen molar-refractivity contribution >= 4 is 13.7 Å². The van der Waals surface area contributed by atoms with Gasteiger partial charge >= 0.3 is 7.82 Å². The zero-order chi connectivity index (χ0) is 45.1. The van der Waals surface area contributed by atoms with Crippen LogP contribution in [0, 0.1) is 0 Å². The molecule has 0 spiro atoms. The Balaban J connectivity index is 2.57. The fourth-order valence-electron chi connectivity index (χ4n) is 7.51. The van der Waals surface area contributed by atoms with Crippen LogP contribution in [0.5, 0.6) is 0 Å². The predicted molar refractivity (Wildman–Crippen MR) is 243 cm³/mol. The third-order valence-electron chi connectivity index (χ3n) is 11.5. The Morgan fingerprint density at radius 2 is 0.967 bits per heavy atom. The van der Waals surface area contributed by atoms with E-state index in [1.54, 1.807) is 6.08 Å². The van der Waals surface area contributed by atoms with Gasteiger partial charge in [-0.3, -0.25) is 13.8 Å². The van der Waals surface area contributed by atoms with Crippen LogP contribution in [0.1, 0.15) is 194 Å². The number of phosphoric ester groups is 1. The molecule has 0 saturated heterocycles. The van der Waals surface area contributed by atoms with Crippen LogP contribution in [0.3, 0.4) is 0 Å². The first-order valence-electron chi connectivity index (χ1n) is 24.0. The summed E-state index contributed by atoms with van der Waals surface area (Å²) in [7, 11) is -5.15. The Kier molecular flexibility index (Phi) is 34.7. The first-order valence-corrected chi connectivity index (χ1v) is 25.5. The second-order valence-electron chi connectivity index (χ2n) is 17.1. The van der Waals surface area contributed by atoms with Crippen molar-refractivity contribution in [3.63, 3.8) is 0 Å². The molecule has 0 aromatic carbocycles. The van der Waals surface area contributed by atoms with Gasteiger partial charge in [0.05, 0.1) is 31.3 Å². The fourth-order valence-corrected chi connectivity index (χ4v) is 8.47. The Morgan fingerprint density at radius 1 is 0.574 bits per heavy atom. The maximum absolute atomic E-state index is 13.0. The first kappa shape index (κ1) is 57.5. The van der Waals surface area contributed by atoms with Crippen molar-refractivity contribution in [1.82, 2.24) is 5.32 Å². The van der Waals surface area contributed by atoms with Crippen LogP contribution in [0.15, 0.2) is 36.5 Å². The SMILES string of the molecule is CCCCCCCCCCCC/C=C/CC/C=C/CC/C=C/C(O)C(COP(=O)(O)OC1C(O)C(O)C(O)C(O)C1O)NC(=O)CC(O)CCCCCCCCCCCCC. The minimum atomic E-state index is -5.15. The van der Waals surface area contributed by atoms with Crippen molar-refractivity contribution in [2.24, 2.45) is 0 Å². The van der Waals surface area contributed by atoms with Gasteiger partial charge in [-0.25, -0.2) is 4.57 Å². The maximum Gasteiger partial charge on any atom is 0.472 e. The third kappa shape index (κ3) is 28.8. The van der Waals surface area contributed by atoms with Crippen LogP contribution in [0.4, 0.5) is 0 Å². The quantitative estimate of drug-likeness (QED) is 0.0162. The number of allylic oxidation sites excluding steroid dienone is 5. The molecule has 14 heteroatoms. The van der Waals surface area contributed by atoms with Crippen molar-refractivity contribution < 1.29 is 59.0 Å². The summed E-state index contributed by atoms with van der Waals surface area (Å²) in [5, 5.41) is 74.4. The molecule has 0 aromatic heterocycles. The summed E-state index contributed by atoms with van der Waals surface area (Å²) in [6, 6.07) is -1.26. The number of aliphatic hydroxyl groups excluding tert-OH is 7. The number of hydrogen-bond donors (Lipinski definition) is 9. The number of hydrogen-bond acceptors (Lipinski definition) is 11. The molecular weight excluding hydrogens is 801 g/mol. The lowest BCUT2D eigenvalue weighted by Crippen LogP contribution is -2.64. The minimum Gasteiger partial charge on any atom is -0.393 e. The fraction of sp³-hybridized carbons (Fsp3) is 0.851. The molecule has 9 N–H and O–H groups in total. The molecule has 8 unspecified atom stereocenters. The molecule has 13 nitrogen and oxygen atoms in total. The topological polar surface area (TPSA) is 226 Å². The lowest BCUT2D eigenvalue weighted by Gasteiger charge is -2.41. The number of nitrogens with one attached hydrogen (secondary N) is 1. The monoisotopic (exact) mass is 890 g/mol. The molecule has 0 aromatic rings. The summed E-state index contributed by atoms with van der Waals surface area (Å²) in [6.07, 6.45) is 28.1. The molecule has 1 amide bonds. The van der Waals surface area contributed by atoms with Crippen molar-refractivity contribution in [2.45, 2.75) is 249 Å². The van der Waals surface area contributed by atoms with E-state index in [4.69, 9.17) is 9.05 Å². The molecule has 0 aliphatic heterocycles. The molecule has 0 radical (unpaired) electrons. The molecule has 358 valence electrons. The van der Waals surface area contributed by atoms with Crippen molar-refractivity contribution in [3.8, 4) is 0 Å². The van der Waals surface area contributed by atoms with Gasteiger partial charge in [0.1, 0.15) is 36.6 Å². The first-order chi connectivity index (χ1) is 29.3. The van der Waals surface area contributed by atoms with Gasteiger partial charge in [-0.15, -0.1) is 0 Å². The Labute approximate surface area is 368 Å². The molecule has 1 fully saturated rings. The summed E-state index contributed by atoms with van der Waals surface area (Å²) >= 11 is 0. The molecule has 0 heterocycles. The van der Waals surface area contributed by atoms with E-state index in [0.717, 1.165) is 44.9 Å². The van der Waals surface area contributed by atoms with Crippen molar-refractivity contribution in [2.75, 3.05) is 6.61 Å². The van der Waals surface area contributed by atoms with Gasteiger partial charge in [0.2, 0.25) is 5.91 Å². The average Bonchev–Trinajstić information content (AvgIpc) is 3.23. The zero-order valence-corrected chi connectivity index (χ0v) is 38.7. The Morgan fingerprint density at radius 3 is 1.44 bits per heavy atom. The van der Waals surface area contributed by atoms with E-state index in [0.29, 0.717) is 19.3 Å². The molecule has 1 rings (SSSR count). The number of aliphatic hydroxyl groups is 7. The van der Waals surface area contributed by atoms with E-state index in [-0.39, 0.29) is 6.42 Å². The number of rotatable bonds is 39. The highest BCUT2D eigenvalue weighted by molar-refractivity contribution is 7.47. The van der Waals surface area contributed by atoms with E-state index < -0.39 is 75.2 Å². The van der Waals surface area contributed by atoms with Crippen LogP contribution in [-0.2, 0) is 18.4 Å². The number of carbonyl (C=O) groups is 1. The van der Waals surface area contributed by atoms with Gasteiger partial charge in [-0.2, -0.15) is 0 Å². The summed E-state index contributed by atoms with van der Waals surface area (Å²) in [6.45, 7) is 3.71. The summed E-state index contributed by atoms with van der Waals surface area (Å²) < 4.78 is 22.8. The number of unbranched alkanes of at least 4 members (excludes halogenated alkanes) is 22. The van der Waals surface area contributed by atoms with E-state index in [1.165, 1.54) is 115 Å². The Hall–Kier alpha value is -1.48.